The normalized spacial score (nSPS) is 28.3. The highest BCUT2D eigenvalue weighted by molar-refractivity contribution is 4.77. The van der Waals surface area contributed by atoms with Crippen LogP contribution in [0.15, 0.2) is 0 Å². The molecule has 0 heterocycles. The molecule has 0 aromatic rings. The van der Waals surface area contributed by atoms with E-state index in [9.17, 15) is 5.11 Å². The van der Waals surface area contributed by atoms with E-state index in [1.165, 1.54) is 38.6 Å². The molecule has 1 fully saturated rings. The first-order valence-corrected chi connectivity index (χ1v) is 6.12. The lowest BCUT2D eigenvalue weighted by Crippen LogP contribution is -2.36. The number of rotatable bonds is 5. The summed E-state index contributed by atoms with van der Waals surface area (Å²) in [5, 5.41) is 9.40. The van der Waals surface area contributed by atoms with Crippen molar-refractivity contribution in [2.24, 2.45) is 0 Å². The smallest absolute Gasteiger partial charge is 0.0541 e. The molecule has 1 rings (SSSR count). The lowest BCUT2D eigenvalue weighted by molar-refractivity contribution is 0.0837. The molecule has 0 spiro atoms. The van der Waals surface area contributed by atoms with E-state index in [0.29, 0.717) is 0 Å². The second kappa shape index (κ2) is 6.41. The Kier molecular flexibility index (Phi) is 5.49. The topological polar surface area (TPSA) is 23.5 Å². The summed E-state index contributed by atoms with van der Waals surface area (Å²) in [6.45, 7) is 3.48. The van der Waals surface area contributed by atoms with Crippen LogP contribution in [0.4, 0.5) is 0 Å². The molecule has 0 aliphatic heterocycles. The lowest BCUT2D eigenvalue weighted by Gasteiger charge is -2.33. The summed E-state index contributed by atoms with van der Waals surface area (Å²) in [7, 11) is 2.23. The fraction of sp³-hybridized carbons (Fsp3) is 1.00. The zero-order chi connectivity index (χ0) is 10.4. The van der Waals surface area contributed by atoms with Gasteiger partial charge in [0, 0.05) is 6.04 Å². The molecule has 0 bridgehead atoms. The monoisotopic (exact) mass is 199 g/mol. The van der Waals surface area contributed by atoms with E-state index >= 15 is 0 Å². The Morgan fingerprint density at radius 1 is 1.14 bits per heavy atom. The summed E-state index contributed by atoms with van der Waals surface area (Å²) in [4.78, 5) is 2.49. The molecule has 0 aromatic carbocycles. The van der Waals surface area contributed by atoms with Gasteiger partial charge in [0.05, 0.1) is 6.10 Å². The van der Waals surface area contributed by atoms with Gasteiger partial charge in [-0.1, -0.05) is 19.8 Å². The van der Waals surface area contributed by atoms with Crippen LogP contribution < -0.4 is 0 Å². The average molecular weight is 199 g/mol. The molecule has 0 atom stereocenters. The fourth-order valence-electron chi connectivity index (χ4n) is 2.29. The van der Waals surface area contributed by atoms with E-state index in [-0.39, 0.29) is 6.10 Å². The van der Waals surface area contributed by atoms with Crippen molar-refractivity contribution in [3.05, 3.63) is 0 Å². The highest BCUT2D eigenvalue weighted by Crippen LogP contribution is 2.22. The molecule has 0 saturated heterocycles. The van der Waals surface area contributed by atoms with E-state index in [2.05, 4.69) is 18.9 Å². The van der Waals surface area contributed by atoms with Gasteiger partial charge < -0.3 is 10.0 Å². The Morgan fingerprint density at radius 2 is 1.79 bits per heavy atom. The molecule has 1 saturated carbocycles. The van der Waals surface area contributed by atoms with Crippen LogP contribution in [0.25, 0.3) is 0 Å². The Hall–Kier alpha value is -0.0800. The van der Waals surface area contributed by atoms with Crippen LogP contribution in [0.5, 0.6) is 0 Å². The number of unbranched alkanes of at least 4 members (excludes halogenated alkanes) is 2. The molecule has 0 amide bonds. The Labute approximate surface area is 88.3 Å². The predicted molar refractivity (Wildman–Crippen MR) is 60.4 cm³/mol. The molecule has 0 radical (unpaired) electrons. The first-order valence-electron chi connectivity index (χ1n) is 6.12. The fourth-order valence-corrected chi connectivity index (χ4v) is 2.29. The van der Waals surface area contributed by atoms with Crippen LogP contribution in [0, 0.1) is 0 Å². The SMILES string of the molecule is CCCCCN(C)C1CCC(O)CC1. The van der Waals surface area contributed by atoms with Gasteiger partial charge in [0.2, 0.25) is 0 Å². The van der Waals surface area contributed by atoms with Gasteiger partial charge in [-0.2, -0.15) is 0 Å². The molecule has 2 heteroatoms. The molecular formula is C12H25NO. The summed E-state index contributed by atoms with van der Waals surface area (Å²) < 4.78 is 0. The summed E-state index contributed by atoms with van der Waals surface area (Å²) in [6, 6.07) is 0.732. The van der Waals surface area contributed by atoms with Crippen LogP contribution in [0.2, 0.25) is 0 Å². The number of aliphatic hydroxyl groups is 1. The van der Waals surface area contributed by atoms with Gasteiger partial charge >= 0.3 is 0 Å². The first-order chi connectivity index (χ1) is 6.74. The van der Waals surface area contributed by atoms with Crippen molar-refractivity contribution in [1.29, 1.82) is 0 Å². The van der Waals surface area contributed by atoms with Crippen molar-refractivity contribution < 1.29 is 5.11 Å². The molecule has 2 nitrogen and oxygen atoms in total. The highest BCUT2D eigenvalue weighted by atomic mass is 16.3. The van der Waals surface area contributed by atoms with Gasteiger partial charge in [-0.25, -0.2) is 0 Å². The summed E-state index contributed by atoms with van der Waals surface area (Å²) in [5.74, 6) is 0. The van der Waals surface area contributed by atoms with E-state index in [4.69, 9.17) is 0 Å². The maximum absolute atomic E-state index is 9.40. The van der Waals surface area contributed by atoms with Gasteiger partial charge in [-0.05, 0) is 45.7 Å². The van der Waals surface area contributed by atoms with E-state index in [0.717, 1.165) is 18.9 Å². The third kappa shape index (κ3) is 3.97. The minimum Gasteiger partial charge on any atom is -0.393 e. The van der Waals surface area contributed by atoms with Gasteiger partial charge in [-0.15, -0.1) is 0 Å². The number of nitrogens with zero attached hydrogens (tertiary/aromatic N) is 1. The van der Waals surface area contributed by atoms with Crippen molar-refractivity contribution in [2.45, 2.75) is 64.0 Å². The predicted octanol–water partition coefficient (Wildman–Crippen LogP) is 2.41. The molecule has 14 heavy (non-hydrogen) atoms. The Bertz CT molecular complexity index is 141. The lowest BCUT2D eigenvalue weighted by atomic mass is 9.92. The standard InChI is InChI=1S/C12H25NO/c1-3-4-5-10-13(2)11-6-8-12(14)9-7-11/h11-12,14H,3-10H2,1-2H3. The van der Waals surface area contributed by atoms with Crippen molar-refractivity contribution in [3.8, 4) is 0 Å². The van der Waals surface area contributed by atoms with Crippen molar-refractivity contribution in [2.75, 3.05) is 13.6 Å². The van der Waals surface area contributed by atoms with Gasteiger partial charge in [0.1, 0.15) is 0 Å². The first kappa shape index (κ1) is 12.0. The highest BCUT2D eigenvalue weighted by Gasteiger charge is 2.21. The molecule has 0 aromatic heterocycles. The summed E-state index contributed by atoms with van der Waals surface area (Å²) >= 11 is 0. The maximum Gasteiger partial charge on any atom is 0.0541 e. The summed E-state index contributed by atoms with van der Waals surface area (Å²) in [6.07, 6.45) is 8.33. The minimum atomic E-state index is -0.0182. The minimum absolute atomic E-state index is 0.0182. The second-order valence-electron chi connectivity index (χ2n) is 4.65. The number of aliphatic hydroxyl groups excluding tert-OH is 1. The van der Waals surface area contributed by atoms with Gasteiger partial charge in [-0.3, -0.25) is 0 Å². The molecule has 1 aliphatic carbocycles. The molecule has 0 unspecified atom stereocenters. The van der Waals surface area contributed by atoms with Gasteiger partial charge in [0.25, 0.3) is 0 Å². The van der Waals surface area contributed by atoms with Crippen LogP contribution in [0.1, 0.15) is 51.9 Å². The molecule has 1 aliphatic rings. The quantitative estimate of drug-likeness (QED) is 0.687. The van der Waals surface area contributed by atoms with Crippen molar-refractivity contribution >= 4 is 0 Å². The van der Waals surface area contributed by atoms with Crippen molar-refractivity contribution in [3.63, 3.8) is 0 Å². The molecule has 1 N–H and O–H groups in total. The molecular weight excluding hydrogens is 174 g/mol. The van der Waals surface area contributed by atoms with Crippen molar-refractivity contribution in [1.82, 2.24) is 4.90 Å². The largest absolute Gasteiger partial charge is 0.393 e. The van der Waals surface area contributed by atoms with E-state index in [1.54, 1.807) is 0 Å². The molecule has 84 valence electrons. The van der Waals surface area contributed by atoms with E-state index in [1.807, 2.05) is 0 Å². The van der Waals surface area contributed by atoms with Gasteiger partial charge in [0.15, 0.2) is 0 Å². The third-order valence-electron chi connectivity index (χ3n) is 3.40. The van der Waals surface area contributed by atoms with Crippen LogP contribution in [-0.2, 0) is 0 Å². The second-order valence-corrected chi connectivity index (χ2v) is 4.65. The van der Waals surface area contributed by atoms with E-state index < -0.39 is 0 Å². The van der Waals surface area contributed by atoms with Crippen LogP contribution in [0.3, 0.4) is 0 Å². The zero-order valence-corrected chi connectivity index (χ0v) is 9.71. The zero-order valence-electron chi connectivity index (χ0n) is 9.71. The third-order valence-corrected chi connectivity index (χ3v) is 3.40. The summed E-state index contributed by atoms with van der Waals surface area (Å²) in [5.41, 5.74) is 0. The Morgan fingerprint density at radius 3 is 2.36 bits per heavy atom. The maximum atomic E-state index is 9.40. The number of hydrogen-bond acceptors (Lipinski definition) is 2. The number of hydrogen-bond donors (Lipinski definition) is 1. The average Bonchev–Trinajstić information content (AvgIpc) is 2.19. The van der Waals surface area contributed by atoms with Crippen LogP contribution >= 0.6 is 0 Å². The van der Waals surface area contributed by atoms with Crippen LogP contribution in [-0.4, -0.2) is 35.7 Å². The Balaban J connectivity index is 2.13.